The van der Waals surface area contributed by atoms with Crippen molar-refractivity contribution >= 4 is 11.9 Å². The predicted molar refractivity (Wildman–Crippen MR) is 58.0 cm³/mol. The minimum atomic E-state index is -0.898. The fourth-order valence-electron chi connectivity index (χ4n) is 1.66. The number of amides is 1. The third kappa shape index (κ3) is 3.20. The largest absolute Gasteiger partial charge is 0.481 e. The number of aliphatic carboxylic acids is 1. The summed E-state index contributed by atoms with van der Waals surface area (Å²) in [5.41, 5.74) is -0.503. The van der Waals surface area contributed by atoms with E-state index in [9.17, 15) is 9.59 Å². The Morgan fingerprint density at radius 3 is 2.75 bits per heavy atom. The number of carboxylic acid groups (broad SMARTS) is 1. The van der Waals surface area contributed by atoms with Gasteiger partial charge in [-0.05, 0) is 19.8 Å². The zero-order chi connectivity index (χ0) is 12.2. The van der Waals surface area contributed by atoms with Crippen LogP contribution in [0.1, 0.15) is 26.7 Å². The smallest absolute Gasteiger partial charge is 0.308 e. The maximum absolute atomic E-state index is 11.9. The summed E-state index contributed by atoms with van der Waals surface area (Å²) in [6, 6.07) is 0. The van der Waals surface area contributed by atoms with Gasteiger partial charge in [0, 0.05) is 13.2 Å². The highest BCUT2D eigenvalue weighted by atomic mass is 16.5. The molecule has 5 heteroatoms. The highest BCUT2D eigenvalue weighted by molar-refractivity contribution is 5.83. The first kappa shape index (κ1) is 13.0. The molecule has 1 rings (SSSR count). The first-order valence-electron chi connectivity index (χ1n) is 5.54. The molecule has 16 heavy (non-hydrogen) atoms. The van der Waals surface area contributed by atoms with Crippen molar-refractivity contribution in [1.82, 2.24) is 5.32 Å². The first-order valence-corrected chi connectivity index (χ1v) is 5.54. The van der Waals surface area contributed by atoms with E-state index < -0.39 is 17.3 Å². The molecule has 0 aliphatic carbocycles. The van der Waals surface area contributed by atoms with Gasteiger partial charge in [-0.2, -0.15) is 0 Å². The van der Waals surface area contributed by atoms with Gasteiger partial charge in [0.05, 0.1) is 17.9 Å². The van der Waals surface area contributed by atoms with Crippen molar-refractivity contribution in [3.8, 4) is 0 Å². The lowest BCUT2D eigenvalue weighted by atomic mass is 9.84. The zero-order valence-corrected chi connectivity index (χ0v) is 9.78. The minimum absolute atomic E-state index is 0.111. The minimum Gasteiger partial charge on any atom is -0.481 e. The van der Waals surface area contributed by atoms with Gasteiger partial charge < -0.3 is 15.2 Å². The quantitative estimate of drug-likeness (QED) is 0.741. The summed E-state index contributed by atoms with van der Waals surface area (Å²) >= 11 is 0. The van der Waals surface area contributed by atoms with Crippen LogP contribution in [0.5, 0.6) is 0 Å². The van der Waals surface area contributed by atoms with Crippen LogP contribution >= 0.6 is 0 Å². The molecule has 0 radical (unpaired) electrons. The van der Waals surface area contributed by atoms with E-state index in [1.807, 2.05) is 6.92 Å². The Bertz CT molecular complexity index is 271. The summed E-state index contributed by atoms with van der Waals surface area (Å²) in [4.78, 5) is 22.5. The van der Waals surface area contributed by atoms with Gasteiger partial charge >= 0.3 is 5.97 Å². The Balaban J connectivity index is 2.42. The van der Waals surface area contributed by atoms with Crippen molar-refractivity contribution in [3.63, 3.8) is 0 Å². The number of ether oxygens (including phenoxy) is 1. The summed E-state index contributed by atoms with van der Waals surface area (Å²) in [7, 11) is 0. The summed E-state index contributed by atoms with van der Waals surface area (Å²) < 4.78 is 5.28. The molecule has 1 aliphatic rings. The van der Waals surface area contributed by atoms with Gasteiger partial charge in [-0.3, -0.25) is 9.59 Å². The average molecular weight is 229 g/mol. The van der Waals surface area contributed by atoms with Gasteiger partial charge in [0.25, 0.3) is 0 Å². The number of carboxylic acids is 1. The highest BCUT2D eigenvalue weighted by Gasteiger charge is 2.35. The van der Waals surface area contributed by atoms with Crippen LogP contribution in [0.15, 0.2) is 0 Å². The first-order chi connectivity index (χ1) is 7.46. The Labute approximate surface area is 95.2 Å². The standard InChI is InChI=1S/C11H19NO4/c1-8(9(13)14)6-12-10(15)11(2)4-3-5-16-7-11/h8H,3-7H2,1-2H3,(H,12,15)(H,13,14). The van der Waals surface area contributed by atoms with E-state index in [4.69, 9.17) is 9.84 Å². The second kappa shape index (κ2) is 5.30. The van der Waals surface area contributed by atoms with Gasteiger partial charge in [-0.1, -0.05) is 6.92 Å². The number of carbonyl (C=O) groups is 2. The maximum atomic E-state index is 11.9. The highest BCUT2D eigenvalue weighted by Crippen LogP contribution is 2.27. The Morgan fingerprint density at radius 2 is 2.25 bits per heavy atom. The SMILES string of the molecule is CC(CNC(=O)C1(C)CCCOC1)C(=O)O. The summed E-state index contributed by atoms with van der Waals surface area (Å²) in [6.45, 7) is 4.72. The molecule has 0 aromatic carbocycles. The summed E-state index contributed by atoms with van der Waals surface area (Å²) in [5, 5.41) is 11.4. The molecular formula is C11H19NO4. The number of hydrogen-bond donors (Lipinski definition) is 2. The van der Waals surface area contributed by atoms with E-state index in [2.05, 4.69) is 5.32 Å². The lowest BCUT2D eigenvalue weighted by Crippen LogP contribution is -2.46. The predicted octanol–water partition coefficient (Wildman–Crippen LogP) is 0.640. The van der Waals surface area contributed by atoms with Gasteiger partial charge in [-0.25, -0.2) is 0 Å². The van der Waals surface area contributed by atoms with E-state index in [-0.39, 0.29) is 12.5 Å². The van der Waals surface area contributed by atoms with Gasteiger partial charge in [-0.15, -0.1) is 0 Å². The topological polar surface area (TPSA) is 75.6 Å². The molecule has 2 atom stereocenters. The lowest BCUT2D eigenvalue weighted by Gasteiger charge is -2.32. The molecule has 0 aromatic rings. The molecule has 2 N–H and O–H groups in total. The fourth-order valence-corrected chi connectivity index (χ4v) is 1.66. The third-order valence-electron chi connectivity index (χ3n) is 2.98. The monoisotopic (exact) mass is 229 g/mol. The van der Waals surface area contributed by atoms with Crippen molar-refractivity contribution in [2.75, 3.05) is 19.8 Å². The van der Waals surface area contributed by atoms with Gasteiger partial charge in [0.2, 0.25) is 5.91 Å². The maximum Gasteiger partial charge on any atom is 0.308 e. The van der Waals surface area contributed by atoms with Crippen molar-refractivity contribution in [2.24, 2.45) is 11.3 Å². The normalized spacial score (nSPS) is 27.1. The van der Waals surface area contributed by atoms with Crippen LogP contribution in [0, 0.1) is 11.3 Å². The van der Waals surface area contributed by atoms with Crippen LogP contribution in [0.4, 0.5) is 0 Å². The van der Waals surface area contributed by atoms with Crippen LogP contribution < -0.4 is 5.32 Å². The van der Waals surface area contributed by atoms with Crippen LogP contribution in [-0.2, 0) is 14.3 Å². The molecule has 0 spiro atoms. The molecule has 1 fully saturated rings. The molecule has 0 saturated carbocycles. The number of rotatable bonds is 4. The molecule has 0 bridgehead atoms. The molecule has 5 nitrogen and oxygen atoms in total. The average Bonchev–Trinajstić information content (AvgIpc) is 2.26. The Hall–Kier alpha value is -1.10. The Morgan fingerprint density at radius 1 is 1.56 bits per heavy atom. The van der Waals surface area contributed by atoms with Crippen molar-refractivity contribution in [1.29, 1.82) is 0 Å². The Kier molecular flexibility index (Phi) is 4.29. The van der Waals surface area contributed by atoms with Crippen molar-refractivity contribution in [2.45, 2.75) is 26.7 Å². The molecular weight excluding hydrogens is 210 g/mol. The molecule has 1 aliphatic heterocycles. The second-order valence-electron chi connectivity index (χ2n) is 4.67. The molecule has 1 amide bonds. The second-order valence-corrected chi connectivity index (χ2v) is 4.67. The van der Waals surface area contributed by atoms with E-state index >= 15 is 0 Å². The van der Waals surface area contributed by atoms with Crippen LogP contribution in [0.25, 0.3) is 0 Å². The number of nitrogens with one attached hydrogen (secondary N) is 1. The van der Waals surface area contributed by atoms with E-state index in [0.29, 0.717) is 13.2 Å². The zero-order valence-electron chi connectivity index (χ0n) is 9.78. The molecule has 1 saturated heterocycles. The fraction of sp³-hybridized carbons (Fsp3) is 0.818. The van der Waals surface area contributed by atoms with Crippen LogP contribution in [0.3, 0.4) is 0 Å². The molecule has 0 aromatic heterocycles. The van der Waals surface area contributed by atoms with Crippen molar-refractivity contribution in [3.05, 3.63) is 0 Å². The van der Waals surface area contributed by atoms with E-state index in [1.165, 1.54) is 0 Å². The lowest BCUT2D eigenvalue weighted by molar-refractivity contribution is -0.142. The summed E-state index contributed by atoms with van der Waals surface area (Å²) in [6.07, 6.45) is 1.67. The summed E-state index contributed by atoms with van der Waals surface area (Å²) in [5.74, 6) is -1.57. The van der Waals surface area contributed by atoms with E-state index in [0.717, 1.165) is 12.8 Å². The number of hydrogen-bond acceptors (Lipinski definition) is 3. The molecule has 2 unspecified atom stereocenters. The molecule has 92 valence electrons. The molecule has 1 heterocycles. The van der Waals surface area contributed by atoms with Crippen LogP contribution in [-0.4, -0.2) is 36.7 Å². The third-order valence-corrected chi connectivity index (χ3v) is 2.98. The van der Waals surface area contributed by atoms with E-state index in [1.54, 1.807) is 6.92 Å². The van der Waals surface area contributed by atoms with Gasteiger partial charge in [0.15, 0.2) is 0 Å². The van der Waals surface area contributed by atoms with Crippen LogP contribution in [0.2, 0.25) is 0 Å². The number of carbonyl (C=O) groups excluding carboxylic acids is 1. The van der Waals surface area contributed by atoms with Gasteiger partial charge in [0.1, 0.15) is 0 Å². The van der Waals surface area contributed by atoms with Crippen molar-refractivity contribution < 1.29 is 19.4 Å².